The molecule has 9 heteroatoms. The lowest BCUT2D eigenvalue weighted by Crippen LogP contribution is -2.49. The summed E-state index contributed by atoms with van der Waals surface area (Å²) in [6.07, 6.45) is 6.20. The summed E-state index contributed by atoms with van der Waals surface area (Å²) in [5.74, 6) is -0.758. The van der Waals surface area contributed by atoms with Crippen LogP contribution in [0.15, 0.2) is 18.2 Å². The molecule has 1 aromatic rings. The number of esters is 2. The molecule has 9 nitrogen and oxygen atoms in total. The van der Waals surface area contributed by atoms with Gasteiger partial charge in [-0.2, -0.15) is 0 Å². The smallest absolute Gasteiger partial charge is 0.410 e. The van der Waals surface area contributed by atoms with Crippen LogP contribution >= 0.6 is 0 Å². The van der Waals surface area contributed by atoms with E-state index < -0.39 is 17.5 Å². The van der Waals surface area contributed by atoms with Crippen LogP contribution in [0.25, 0.3) is 0 Å². The summed E-state index contributed by atoms with van der Waals surface area (Å²) in [4.78, 5) is 39.2. The second-order valence-electron chi connectivity index (χ2n) is 11.0. The minimum atomic E-state index is -0.702. The van der Waals surface area contributed by atoms with E-state index in [1.807, 2.05) is 25.7 Å². The van der Waals surface area contributed by atoms with Gasteiger partial charge in [-0.1, -0.05) is 6.42 Å². The summed E-state index contributed by atoms with van der Waals surface area (Å²) in [6, 6.07) is 5.18. The average molecular weight is 521 g/mol. The lowest BCUT2D eigenvalue weighted by atomic mass is 9.88. The van der Waals surface area contributed by atoms with Crippen LogP contribution in [0.4, 0.5) is 4.79 Å². The maximum atomic E-state index is 12.1. The Labute approximate surface area is 221 Å². The van der Waals surface area contributed by atoms with Crippen LogP contribution in [0.2, 0.25) is 0 Å². The largest absolute Gasteiger partial charge is 0.508 e. The second-order valence-corrected chi connectivity index (χ2v) is 11.0. The van der Waals surface area contributed by atoms with Crippen molar-refractivity contribution in [3.63, 3.8) is 0 Å². The molecule has 1 amide bonds. The molecule has 0 unspecified atom stereocenters. The number of carbonyl (C=O) groups excluding carboxylic acids is 3. The van der Waals surface area contributed by atoms with Gasteiger partial charge in [0, 0.05) is 31.7 Å². The highest BCUT2D eigenvalue weighted by Gasteiger charge is 2.32. The Morgan fingerprint density at radius 2 is 1.57 bits per heavy atom. The fourth-order valence-corrected chi connectivity index (χ4v) is 4.52. The third kappa shape index (κ3) is 9.22. The lowest BCUT2D eigenvalue weighted by molar-refractivity contribution is 0.0128. The summed E-state index contributed by atoms with van der Waals surface area (Å²) in [5.41, 5.74) is -0.362. The Kier molecular flexibility index (Phi) is 11.2. The summed E-state index contributed by atoms with van der Waals surface area (Å²) in [7, 11) is 2.39. The first kappa shape index (κ1) is 30.4. The molecule has 1 aliphatic carbocycles. The van der Waals surface area contributed by atoms with E-state index in [2.05, 4.69) is 28.2 Å². The van der Waals surface area contributed by atoms with Gasteiger partial charge in [0.2, 0.25) is 0 Å². The van der Waals surface area contributed by atoms with Gasteiger partial charge in [0.05, 0.1) is 25.3 Å². The molecule has 1 heterocycles. The molecule has 1 aromatic carbocycles. The number of carbonyl (C=O) groups is 3. The zero-order valence-electron chi connectivity index (χ0n) is 23.4. The topological polar surface area (TPSA) is 106 Å². The zero-order chi connectivity index (χ0) is 27.8. The van der Waals surface area contributed by atoms with Crippen LogP contribution < -0.4 is 0 Å². The number of rotatable bonds is 6. The van der Waals surface area contributed by atoms with Crippen molar-refractivity contribution in [2.45, 2.75) is 84.4 Å². The molecule has 2 fully saturated rings. The monoisotopic (exact) mass is 520 g/mol. The Morgan fingerprint density at radius 3 is 2.03 bits per heavy atom. The van der Waals surface area contributed by atoms with E-state index in [0.717, 1.165) is 44.0 Å². The molecule has 0 bridgehead atoms. The van der Waals surface area contributed by atoms with Crippen molar-refractivity contribution in [2.24, 2.45) is 5.92 Å². The van der Waals surface area contributed by atoms with Gasteiger partial charge in [0.15, 0.2) is 0 Å². The average Bonchev–Trinajstić information content (AvgIpc) is 2.81. The van der Waals surface area contributed by atoms with E-state index >= 15 is 0 Å². The summed E-state index contributed by atoms with van der Waals surface area (Å²) in [5, 5.41) is 9.18. The van der Waals surface area contributed by atoms with E-state index in [0.29, 0.717) is 6.04 Å². The number of hydrogen-bond acceptors (Lipinski definition) is 8. The second kappa shape index (κ2) is 13.7. The number of piperidine rings is 1. The van der Waals surface area contributed by atoms with Crippen molar-refractivity contribution in [1.29, 1.82) is 0 Å². The molecule has 0 spiro atoms. The van der Waals surface area contributed by atoms with Crippen LogP contribution in [-0.2, 0) is 14.2 Å². The van der Waals surface area contributed by atoms with E-state index in [9.17, 15) is 19.5 Å². The molecule has 208 valence electrons. The molecular formula is C28H44N2O7. The van der Waals surface area contributed by atoms with Crippen LogP contribution in [0.5, 0.6) is 5.75 Å². The highest BCUT2D eigenvalue weighted by molar-refractivity contribution is 6.03. The quantitative estimate of drug-likeness (QED) is 0.419. The maximum Gasteiger partial charge on any atom is 0.410 e. The molecule has 3 rings (SSSR count). The molecule has 0 aromatic heterocycles. The first-order valence-corrected chi connectivity index (χ1v) is 13.1. The van der Waals surface area contributed by atoms with Gasteiger partial charge < -0.3 is 24.2 Å². The molecule has 0 atom stereocenters. The number of hydrogen-bond donors (Lipinski definition) is 1. The zero-order valence-corrected chi connectivity index (χ0v) is 23.4. The third-order valence-corrected chi connectivity index (χ3v) is 6.76. The maximum absolute atomic E-state index is 12.1. The number of amides is 1. The van der Waals surface area contributed by atoms with E-state index in [-0.39, 0.29) is 23.0 Å². The van der Waals surface area contributed by atoms with Gasteiger partial charge in [-0.05, 0) is 84.4 Å². The van der Waals surface area contributed by atoms with E-state index in [1.165, 1.54) is 52.2 Å². The number of ether oxygens (including phenoxy) is 3. The van der Waals surface area contributed by atoms with Crippen LogP contribution in [-0.4, -0.2) is 84.5 Å². The Morgan fingerprint density at radius 1 is 1.00 bits per heavy atom. The SMILES string of the molecule is CC(C)N(CC1CCN(C(=O)OC(C)(C)C)CC1)C1CCC1.COC(=O)c1ccc(O)cc1C(=O)OC. The number of nitrogens with zero attached hydrogens (tertiary/aromatic N) is 2. The number of likely N-dealkylation sites (tertiary alicyclic amines) is 1. The predicted molar refractivity (Wildman–Crippen MR) is 141 cm³/mol. The summed E-state index contributed by atoms with van der Waals surface area (Å²) >= 11 is 0. The molecular weight excluding hydrogens is 476 g/mol. The number of aromatic hydroxyl groups is 1. The van der Waals surface area contributed by atoms with E-state index in [1.54, 1.807) is 0 Å². The standard InChI is InChI=1S/C18H34N2O2.C10H10O5/c1-14(2)20(16-7-6-8-16)13-15-9-11-19(12-10-15)17(21)22-18(3,4)5;1-14-9(12)7-4-3-6(11)5-8(7)10(13)15-2/h14-16H,6-13H2,1-5H3;3-5,11H,1-2H3. The van der Waals surface area contributed by atoms with Crippen molar-refractivity contribution in [2.75, 3.05) is 33.9 Å². The minimum Gasteiger partial charge on any atom is -0.508 e. The highest BCUT2D eigenvalue weighted by Crippen LogP contribution is 2.29. The van der Waals surface area contributed by atoms with Gasteiger partial charge >= 0.3 is 18.0 Å². The molecule has 2 aliphatic rings. The first-order valence-electron chi connectivity index (χ1n) is 13.1. The van der Waals surface area contributed by atoms with Crippen molar-refractivity contribution in [3.05, 3.63) is 29.3 Å². The van der Waals surface area contributed by atoms with Gasteiger partial charge in [-0.15, -0.1) is 0 Å². The van der Waals surface area contributed by atoms with Gasteiger partial charge in [-0.3, -0.25) is 4.90 Å². The number of methoxy groups -OCH3 is 2. The number of phenolic OH excluding ortho intramolecular Hbond substituents is 1. The third-order valence-electron chi connectivity index (χ3n) is 6.76. The molecule has 0 radical (unpaired) electrons. The van der Waals surface area contributed by atoms with E-state index in [4.69, 9.17) is 4.74 Å². The van der Waals surface area contributed by atoms with Crippen LogP contribution in [0.3, 0.4) is 0 Å². The fourth-order valence-electron chi connectivity index (χ4n) is 4.52. The van der Waals surface area contributed by atoms with Gasteiger partial charge in [0.25, 0.3) is 0 Å². The molecule has 1 aliphatic heterocycles. The van der Waals surface area contributed by atoms with Crippen molar-refractivity contribution >= 4 is 18.0 Å². The molecule has 37 heavy (non-hydrogen) atoms. The Balaban J connectivity index is 0.000000281. The van der Waals surface area contributed by atoms with Crippen LogP contribution in [0.1, 0.15) is 87.4 Å². The van der Waals surface area contributed by atoms with Gasteiger partial charge in [0.1, 0.15) is 11.4 Å². The minimum absolute atomic E-state index is 0.0237. The van der Waals surface area contributed by atoms with Crippen LogP contribution in [0, 0.1) is 5.92 Å². The highest BCUT2D eigenvalue weighted by atomic mass is 16.6. The summed E-state index contributed by atoms with van der Waals surface area (Å²) in [6.45, 7) is 13.3. The van der Waals surface area contributed by atoms with Crippen molar-refractivity contribution < 1.29 is 33.7 Å². The van der Waals surface area contributed by atoms with Crippen molar-refractivity contribution in [1.82, 2.24) is 9.80 Å². The molecule has 1 saturated carbocycles. The lowest BCUT2D eigenvalue weighted by Gasteiger charge is -2.43. The number of phenols is 1. The fraction of sp³-hybridized carbons (Fsp3) is 0.679. The number of benzene rings is 1. The Hall–Kier alpha value is -2.81. The van der Waals surface area contributed by atoms with Gasteiger partial charge in [-0.25, -0.2) is 14.4 Å². The first-order chi connectivity index (χ1) is 17.4. The molecule has 1 saturated heterocycles. The Bertz CT molecular complexity index is 914. The predicted octanol–water partition coefficient (Wildman–Crippen LogP) is 4.86. The summed E-state index contributed by atoms with van der Waals surface area (Å²) < 4.78 is 14.4. The molecule has 1 N–H and O–H groups in total. The normalized spacial score (nSPS) is 16.5. The van der Waals surface area contributed by atoms with Crippen molar-refractivity contribution in [3.8, 4) is 5.75 Å².